The van der Waals surface area contributed by atoms with Crippen molar-refractivity contribution >= 4 is 16.5 Å². The van der Waals surface area contributed by atoms with E-state index in [1.165, 1.54) is 17.7 Å². The second kappa shape index (κ2) is 5.55. The molecule has 5 heteroatoms. The Morgan fingerprint density at radius 3 is 2.94 bits per heavy atom. The summed E-state index contributed by atoms with van der Waals surface area (Å²) < 4.78 is 5.86. The number of hydrogen-bond acceptors (Lipinski definition) is 5. The van der Waals surface area contributed by atoms with Crippen molar-refractivity contribution in [2.75, 3.05) is 25.0 Å². The highest BCUT2D eigenvalue weighted by Crippen LogP contribution is 2.28. The minimum atomic E-state index is 0.481. The van der Waals surface area contributed by atoms with Crippen molar-refractivity contribution in [1.82, 2.24) is 9.88 Å². The van der Waals surface area contributed by atoms with Crippen LogP contribution in [-0.2, 0) is 11.3 Å². The summed E-state index contributed by atoms with van der Waals surface area (Å²) in [5, 5.41) is 4.40. The van der Waals surface area contributed by atoms with E-state index in [9.17, 15) is 0 Å². The Morgan fingerprint density at radius 1 is 1.44 bits per heavy atom. The van der Waals surface area contributed by atoms with Crippen molar-refractivity contribution in [3.8, 4) is 0 Å². The molecule has 100 valence electrons. The number of anilines is 1. The molecule has 2 aliphatic rings. The molecule has 1 N–H and O–H groups in total. The minimum absolute atomic E-state index is 0.481. The summed E-state index contributed by atoms with van der Waals surface area (Å²) in [6.45, 7) is 6.39. The highest BCUT2D eigenvalue weighted by atomic mass is 32.1. The first-order chi connectivity index (χ1) is 8.83. The molecule has 2 fully saturated rings. The predicted molar refractivity (Wildman–Crippen MR) is 74.1 cm³/mol. The van der Waals surface area contributed by atoms with Crippen LogP contribution in [0.4, 0.5) is 5.13 Å². The standard InChI is InChI=1S/C13H21N3OS/c1-2-5-14-13-15-6-12(18-13)9-16-7-10-3-4-11(8-16)17-10/h6,10-11H,2-5,7-9H2,1H3,(H,14,15). The molecule has 3 heterocycles. The van der Waals surface area contributed by atoms with Crippen LogP contribution in [0, 0.1) is 0 Å². The second-order valence-corrected chi connectivity index (χ2v) is 6.33. The fourth-order valence-electron chi connectivity index (χ4n) is 2.74. The van der Waals surface area contributed by atoms with E-state index in [2.05, 4.69) is 22.1 Å². The van der Waals surface area contributed by atoms with E-state index in [0.29, 0.717) is 12.2 Å². The molecule has 18 heavy (non-hydrogen) atoms. The average Bonchev–Trinajstić information content (AvgIpc) is 2.94. The van der Waals surface area contributed by atoms with Crippen LogP contribution < -0.4 is 5.32 Å². The van der Waals surface area contributed by atoms with Crippen LogP contribution in [0.3, 0.4) is 0 Å². The van der Waals surface area contributed by atoms with E-state index in [1.54, 1.807) is 11.3 Å². The number of nitrogens with one attached hydrogen (secondary N) is 1. The Kier molecular flexibility index (Phi) is 3.82. The number of thiazole rings is 1. The Bertz CT molecular complexity index is 383. The number of rotatable bonds is 5. The Morgan fingerprint density at radius 2 is 2.22 bits per heavy atom. The third-order valence-electron chi connectivity index (χ3n) is 3.58. The molecule has 2 atom stereocenters. The summed E-state index contributed by atoms with van der Waals surface area (Å²) in [7, 11) is 0. The van der Waals surface area contributed by atoms with Gasteiger partial charge in [0, 0.05) is 37.3 Å². The first-order valence-corrected chi connectivity index (χ1v) is 7.71. The lowest BCUT2D eigenvalue weighted by atomic mass is 10.2. The Hall–Kier alpha value is -0.650. The van der Waals surface area contributed by atoms with Gasteiger partial charge in [-0.05, 0) is 19.3 Å². The van der Waals surface area contributed by atoms with Crippen LogP contribution in [0.1, 0.15) is 31.1 Å². The molecule has 3 rings (SSSR count). The van der Waals surface area contributed by atoms with Gasteiger partial charge in [0.1, 0.15) is 0 Å². The smallest absolute Gasteiger partial charge is 0.182 e. The molecule has 0 radical (unpaired) electrons. The summed E-state index contributed by atoms with van der Waals surface area (Å²) in [6, 6.07) is 0. The first kappa shape index (κ1) is 12.4. The van der Waals surface area contributed by atoms with Crippen molar-refractivity contribution in [2.24, 2.45) is 0 Å². The summed E-state index contributed by atoms with van der Waals surface area (Å²) in [6.07, 6.45) is 6.60. The van der Waals surface area contributed by atoms with Gasteiger partial charge in [-0.3, -0.25) is 4.90 Å². The fraction of sp³-hybridized carbons (Fsp3) is 0.769. The lowest BCUT2D eigenvalue weighted by Gasteiger charge is -2.31. The Labute approximate surface area is 112 Å². The topological polar surface area (TPSA) is 37.4 Å². The summed E-state index contributed by atoms with van der Waals surface area (Å²) in [4.78, 5) is 8.30. The van der Waals surface area contributed by atoms with E-state index in [-0.39, 0.29) is 0 Å². The van der Waals surface area contributed by atoms with Gasteiger partial charge in [0.05, 0.1) is 12.2 Å². The molecule has 0 aromatic carbocycles. The maximum absolute atomic E-state index is 5.86. The molecule has 1 aromatic heterocycles. The summed E-state index contributed by atoms with van der Waals surface area (Å²) in [5.41, 5.74) is 0. The van der Waals surface area contributed by atoms with E-state index < -0.39 is 0 Å². The number of morpholine rings is 1. The molecular weight excluding hydrogens is 246 g/mol. The minimum Gasteiger partial charge on any atom is -0.372 e. The second-order valence-electron chi connectivity index (χ2n) is 5.21. The van der Waals surface area contributed by atoms with Crippen LogP contribution in [0.15, 0.2) is 6.20 Å². The highest BCUT2D eigenvalue weighted by molar-refractivity contribution is 7.15. The molecule has 2 aliphatic heterocycles. The number of fused-ring (bicyclic) bond motifs is 2. The normalized spacial score (nSPS) is 27.6. The van der Waals surface area contributed by atoms with Gasteiger partial charge in [0.25, 0.3) is 0 Å². The molecule has 4 nitrogen and oxygen atoms in total. The zero-order valence-electron chi connectivity index (χ0n) is 10.9. The average molecular weight is 267 g/mol. The van der Waals surface area contributed by atoms with Crippen LogP contribution in [0.5, 0.6) is 0 Å². The van der Waals surface area contributed by atoms with Crippen LogP contribution in [0.25, 0.3) is 0 Å². The van der Waals surface area contributed by atoms with Crippen LogP contribution in [-0.4, -0.2) is 41.7 Å². The SMILES string of the molecule is CCCNc1ncc(CN2CC3CCC(C2)O3)s1. The number of likely N-dealkylation sites (tertiary alicyclic amines) is 1. The molecule has 0 spiro atoms. The zero-order valence-corrected chi connectivity index (χ0v) is 11.7. The molecule has 2 unspecified atom stereocenters. The lowest BCUT2D eigenvalue weighted by Crippen LogP contribution is -2.41. The van der Waals surface area contributed by atoms with Crippen LogP contribution in [0.2, 0.25) is 0 Å². The van der Waals surface area contributed by atoms with Crippen molar-refractivity contribution < 1.29 is 4.74 Å². The predicted octanol–water partition coefficient (Wildman–Crippen LogP) is 2.33. The summed E-state index contributed by atoms with van der Waals surface area (Å²) >= 11 is 1.78. The number of hydrogen-bond donors (Lipinski definition) is 1. The van der Waals surface area contributed by atoms with Gasteiger partial charge >= 0.3 is 0 Å². The van der Waals surface area contributed by atoms with E-state index >= 15 is 0 Å². The monoisotopic (exact) mass is 267 g/mol. The van der Waals surface area contributed by atoms with Gasteiger partial charge in [-0.1, -0.05) is 6.92 Å². The third kappa shape index (κ3) is 2.84. The molecule has 0 aliphatic carbocycles. The first-order valence-electron chi connectivity index (χ1n) is 6.90. The van der Waals surface area contributed by atoms with Crippen LogP contribution >= 0.6 is 11.3 Å². The number of aromatic nitrogens is 1. The van der Waals surface area contributed by atoms with E-state index in [4.69, 9.17) is 4.74 Å². The molecule has 2 saturated heterocycles. The molecule has 0 saturated carbocycles. The van der Waals surface area contributed by atoms with Gasteiger partial charge in [0.2, 0.25) is 0 Å². The van der Waals surface area contributed by atoms with E-state index in [0.717, 1.165) is 37.7 Å². The molecule has 2 bridgehead atoms. The molecule has 0 amide bonds. The van der Waals surface area contributed by atoms with Gasteiger partial charge in [0.15, 0.2) is 5.13 Å². The van der Waals surface area contributed by atoms with Gasteiger partial charge in [-0.2, -0.15) is 0 Å². The number of ether oxygens (including phenoxy) is 1. The van der Waals surface area contributed by atoms with Gasteiger partial charge in [-0.25, -0.2) is 4.98 Å². The maximum Gasteiger partial charge on any atom is 0.182 e. The van der Waals surface area contributed by atoms with Gasteiger partial charge < -0.3 is 10.1 Å². The van der Waals surface area contributed by atoms with E-state index in [1.807, 2.05) is 6.20 Å². The fourth-order valence-corrected chi connectivity index (χ4v) is 3.62. The molecule has 1 aromatic rings. The maximum atomic E-state index is 5.86. The molecular formula is C13H21N3OS. The lowest BCUT2D eigenvalue weighted by molar-refractivity contribution is -0.0407. The van der Waals surface area contributed by atoms with Gasteiger partial charge in [-0.15, -0.1) is 11.3 Å². The van der Waals surface area contributed by atoms with Crippen molar-refractivity contribution in [2.45, 2.75) is 44.9 Å². The quantitative estimate of drug-likeness (QED) is 0.888. The highest BCUT2D eigenvalue weighted by Gasteiger charge is 2.33. The van der Waals surface area contributed by atoms with Crippen molar-refractivity contribution in [1.29, 1.82) is 0 Å². The summed E-state index contributed by atoms with van der Waals surface area (Å²) in [5.74, 6) is 0. The van der Waals surface area contributed by atoms with Crippen molar-refractivity contribution in [3.63, 3.8) is 0 Å². The number of nitrogens with zero attached hydrogens (tertiary/aromatic N) is 2. The largest absolute Gasteiger partial charge is 0.372 e. The zero-order chi connectivity index (χ0) is 12.4. The Balaban J connectivity index is 1.54. The third-order valence-corrected chi connectivity index (χ3v) is 4.52. The van der Waals surface area contributed by atoms with Crippen molar-refractivity contribution in [3.05, 3.63) is 11.1 Å².